The summed E-state index contributed by atoms with van der Waals surface area (Å²) in [5, 5.41) is 3.06. The Morgan fingerprint density at radius 2 is 1.72 bits per heavy atom. The van der Waals surface area contributed by atoms with Gasteiger partial charge in [0.25, 0.3) is 5.56 Å². The fraction of sp³-hybridized carbons (Fsp3) is 0.250. The van der Waals surface area contributed by atoms with E-state index in [1.807, 2.05) is 6.92 Å². The molecule has 0 aliphatic rings. The van der Waals surface area contributed by atoms with Gasteiger partial charge in [-0.3, -0.25) is 4.79 Å². The molecule has 0 atom stereocenters. The molecular weight excluding hydrogens is 390 g/mol. The normalized spacial score (nSPS) is 11.4. The maximum absolute atomic E-state index is 12.2. The summed E-state index contributed by atoms with van der Waals surface area (Å²) in [6.07, 6.45) is 1.60. The van der Waals surface area contributed by atoms with Crippen molar-refractivity contribution in [3.05, 3.63) is 69.8 Å². The van der Waals surface area contributed by atoms with Gasteiger partial charge >= 0.3 is 0 Å². The van der Waals surface area contributed by atoms with E-state index in [2.05, 4.69) is 25.0 Å². The molecule has 0 fully saturated rings. The molecule has 0 aliphatic heterocycles. The monoisotopic (exact) mass is 413 g/mol. The van der Waals surface area contributed by atoms with Gasteiger partial charge in [0, 0.05) is 36.1 Å². The topological polar surface area (TPSA) is 117 Å². The lowest BCUT2D eigenvalue weighted by molar-refractivity contribution is 0.583. The van der Waals surface area contributed by atoms with Crippen LogP contribution >= 0.6 is 0 Å². The van der Waals surface area contributed by atoms with Crippen LogP contribution in [0.1, 0.15) is 16.8 Å². The van der Waals surface area contributed by atoms with Gasteiger partial charge in [0.05, 0.1) is 4.90 Å². The summed E-state index contributed by atoms with van der Waals surface area (Å²) in [4.78, 5) is 23.5. The minimum atomic E-state index is -3.54. The third-order valence-electron chi connectivity index (χ3n) is 4.49. The lowest BCUT2D eigenvalue weighted by Gasteiger charge is -2.09. The molecule has 0 aliphatic carbocycles. The van der Waals surface area contributed by atoms with E-state index < -0.39 is 10.0 Å². The maximum Gasteiger partial charge on any atom is 0.254 e. The van der Waals surface area contributed by atoms with E-state index in [1.165, 1.54) is 0 Å². The Bertz CT molecular complexity index is 1150. The first-order valence-electron chi connectivity index (χ1n) is 9.10. The Hall–Kier alpha value is -3.04. The Balaban J connectivity index is 1.57. The Morgan fingerprint density at radius 1 is 1.00 bits per heavy atom. The second kappa shape index (κ2) is 8.54. The Kier molecular flexibility index (Phi) is 6.09. The molecule has 3 N–H and O–H groups in total. The number of nitrogens with one attached hydrogen (secondary N) is 3. The smallest absolute Gasteiger partial charge is 0.254 e. The number of aromatic nitrogens is 3. The van der Waals surface area contributed by atoms with Crippen LogP contribution in [0.4, 0.5) is 5.82 Å². The average Bonchev–Trinajstić information content (AvgIpc) is 2.70. The number of hydrogen-bond acceptors (Lipinski definition) is 6. The molecule has 0 spiro atoms. The minimum absolute atomic E-state index is 0.171. The van der Waals surface area contributed by atoms with Crippen molar-refractivity contribution in [3.63, 3.8) is 0 Å². The summed E-state index contributed by atoms with van der Waals surface area (Å²) in [5.41, 5.74) is 2.78. The van der Waals surface area contributed by atoms with E-state index in [0.717, 1.165) is 5.56 Å². The summed E-state index contributed by atoms with van der Waals surface area (Å²) in [5.74, 6) is 1.05. The number of rotatable bonds is 7. The van der Waals surface area contributed by atoms with Gasteiger partial charge in [-0.15, -0.1) is 0 Å². The van der Waals surface area contributed by atoms with E-state index in [-0.39, 0.29) is 17.0 Å². The number of aryl methyl sites for hydroxylation is 2. The highest BCUT2D eigenvalue weighted by molar-refractivity contribution is 7.89. The second-order valence-corrected chi connectivity index (χ2v) is 8.46. The number of hydrogen-bond donors (Lipinski definition) is 3. The Morgan fingerprint density at radius 3 is 2.34 bits per heavy atom. The lowest BCUT2D eigenvalue weighted by Crippen LogP contribution is -2.29. The Labute approximate surface area is 169 Å². The first kappa shape index (κ1) is 20.7. The van der Waals surface area contributed by atoms with Crippen LogP contribution in [0.5, 0.6) is 0 Å². The van der Waals surface area contributed by atoms with Gasteiger partial charge in [-0.2, -0.15) is 0 Å². The van der Waals surface area contributed by atoms with Crippen LogP contribution in [0.2, 0.25) is 0 Å². The molecule has 1 aromatic carbocycles. The standard InChI is InChI=1S/C20H23N5O3S/c1-13-4-7-17(8-5-13)29(27,28)23-11-10-21-18-9-6-16(12-22-18)19-24-15(3)14(2)20(26)25-19/h4-9,12,23H,10-11H2,1-3H3,(H,21,22)(H,24,25,26). The SMILES string of the molecule is Cc1ccc(S(=O)(=O)NCCNc2ccc(-c3nc(C)c(C)c(=O)[nH]3)cn2)cc1. The lowest BCUT2D eigenvalue weighted by atomic mass is 10.2. The molecule has 0 amide bonds. The molecule has 0 unspecified atom stereocenters. The minimum Gasteiger partial charge on any atom is -0.369 e. The second-order valence-electron chi connectivity index (χ2n) is 6.69. The molecule has 152 valence electrons. The number of benzene rings is 1. The van der Waals surface area contributed by atoms with Crippen molar-refractivity contribution in [2.24, 2.45) is 0 Å². The number of aromatic amines is 1. The van der Waals surface area contributed by atoms with Gasteiger partial charge in [-0.1, -0.05) is 17.7 Å². The largest absolute Gasteiger partial charge is 0.369 e. The number of anilines is 1. The average molecular weight is 414 g/mol. The van der Waals surface area contributed by atoms with Gasteiger partial charge in [0.1, 0.15) is 11.6 Å². The van der Waals surface area contributed by atoms with E-state index in [9.17, 15) is 13.2 Å². The summed E-state index contributed by atoms with van der Waals surface area (Å²) < 4.78 is 27.0. The van der Waals surface area contributed by atoms with Crippen LogP contribution in [0.3, 0.4) is 0 Å². The van der Waals surface area contributed by atoms with Crippen molar-refractivity contribution >= 4 is 15.8 Å². The first-order chi connectivity index (χ1) is 13.8. The fourth-order valence-corrected chi connectivity index (χ4v) is 3.63. The van der Waals surface area contributed by atoms with Crippen LogP contribution in [-0.2, 0) is 10.0 Å². The van der Waals surface area contributed by atoms with E-state index in [0.29, 0.717) is 35.0 Å². The van der Waals surface area contributed by atoms with Crippen molar-refractivity contribution < 1.29 is 8.42 Å². The molecule has 0 radical (unpaired) electrons. The highest BCUT2D eigenvalue weighted by atomic mass is 32.2. The molecule has 2 heterocycles. The number of sulfonamides is 1. The fourth-order valence-electron chi connectivity index (χ4n) is 2.60. The van der Waals surface area contributed by atoms with Crippen LogP contribution in [0.15, 0.2) is 52.3 Å². The first-order valence-corrected chi connectivity index (χ1v) is 10.6. The highest BCUT2D eigenvalue weighted by Crippen LogP contribution is 2.15. The molecular formula is C20H23N5O3S. The summed E-state index contributed by atoms with van der Waals surface area (Å²) >= 11 is 0. The zero-order valence-electron chi connectivity index (χ0n) is 16.5. The maximum atomic E-state index is 12.2. The summed E-state index contributed by atoms with van der Waals surface area (Å²) in [6, 6.07) is 10.2. The van der Waals surface area contributed by atoms with Gasteiger partial charge < -0.3 is 10.3 Å². The van der Waals surface area contributed by atoms with E-state index in [1.54, 1.807) is 56.4 Å². The quantitative estimate of drug-likeness (QED) is 0.511. The van der Waals surface area contributed by atoms with Gasteiger partial charge in [0.2, 0.25) is 10.0 Å². The van der Waals surface area contributed by atoms with Crippen LogP contribution in [-0.4, -0.2) is 36.5 Å². The number of H-pyrrole nitrogens is 1. The molecule has 0 bridgehead atoms. The molecule has 9 heteroatoms. The third kappa shape index (κ3) is 5.07. The summed E-state index contributed by atoms with van der Waals surface area (Å²) in [6.45, 7) is 6.00. The van der Waals surface area contributed by atoms with Gasteiger partial charge in [0.15, 0.2) is 0 Å². The van der Waals surface area contributed by atoms with Crippen LogP contribution in [0, 0.1) is 20.8 Å². The number of nitrogens with zero attached hydrogens (tertiary/aromatic N) is 2. The van der Waals surface area contributed by atoms with Gasteiger partial charge in [-0.25, -0.2) is 23.1 Å². The van der Waals surface area contributed by atoms with Crippen LogP contribution in [0.25, 0.3) is 11.4 Å². The van der Waals surface area contributed by atoms with Crippen molar-refractivity contribution in [2.45, 2.75) is 25.7 Å². The van der Waals surface area contributed by atoms with Crippen molar-refractivity contribution in [2.75, 3.05) is 18.4 Å². The van der Waals surface area contributed by atoms with Crippen molar-refractivity contribution in [1.29, 1.82) is 0 Å². The molecule has 8 nitrogen and oxygen atoms in total. The summed E-state index contributed by atoms with van der Waals surface area (Å²) in [7, 11) is -3.54. The predicted octanol–water partition coefficient (Wildman–Crippen LogP) is 2.15. The van der Waals surface area contributed by atoms with E-state index in [4.69, 9.17) is 0 Å². The molecule has 2 aromatic heterocycles. The molecule has 0 saturated heterocycles. The van der Waals surface area contributed by atoms with Gasteiger partial charge in [-0.05, 0) is 45.0 Å². The predicted molar refractivity (Wildman–Crippen MR) is 112 cm³/mol. The molecule has 29 heavy (non-hydrogen) atoms. The third-order valence-corrected chi connectivity index (χ3v) is 5.96. The highest BCUT2D eigenvalue weighted by Gasteiger charge is 2.12. The molecule has 3 rings (SSSR count). The van der Waals surface area contributed by atoms with Crippen LogP contribution < -0.4 is 15.6 Å². The zero-order valence-corrected chi connectivity index (χ0v) is 17.3. The van der Waals surface area contributed by atoms with Crippen molar-refractivity contribution in [3.8, 4) is 11.4 Å². The van der Waals surface area contributed by atoms with Crippen molar-refractivity contribution in [1.82, 2.24) is 19.7 Å². The number of pyridine rings is 1. The zero-order chi connectivity index (χ0) is 21.0. The van der Waals surface area contributed by atoms with E-state index >= 15 is 0 Å². The molecule has 3 aromatic rings. The molecule has 0 saturated carbocycles.